The number of rotatable bonds is 5. The van der Waals surface area contributed by atoms with Crippen LogP contribution in [0, 0.1) is 11.3 Å². The van der Waals surface area contributed by atoms with Gasteiger partial charge in [0.25, 0.3) is 0 Å². The van der Waals surface area contributed by atoms with E-state index in [9.17, 15) is 0 Å². The van der Waals surface area contributed by atoms with Crippen LogP contribution < -0.4 is 0 Å². The summed E-state index contributed by atoms with van der Waals surface area (Å²) in [7, 11) is 0. The van der Waals surface area contributed by atoms with E-state index in [2.05, 4.69) is 20.8 Å². The van der Waals surface area contributed by atoms with Gasteiger partial charge in [-0.2, -0.15) is 5.26 Å². The Hall–Kier alpha value is -1.27. The zero-order valence-electron chi connectivity index (χ0n) is 9.79. The Balaban J connectivity index is 2.79. The maximum Gasteiger partial charge on any atom is 0.203 e. The highest BCUT2D eigenvalue weighted by Gasteiger charge is 2.22. The lowest BCUT2D eigenvalue weighted by atomic mass is 10.3. The SMILES string of the molecule is CC[N+](CC)(CC)Cc1ccc(C#N)o1. The molecule has 0 bridgehead atoms. The van der Waals surface area contributed by atoms with Crippen LogP contribution in [0.5, 0.6) is 0 Å². The molecule has 82 valence electrons. The minimum Gasteiger partial charge on any atom is -0.445 e. The van der Waals surface area contributed by atoms with Crippen molar-refractivity contribution in [1.29, 1.82) is 5.26 Å². The Morgan fingerprint density at radius 1 is 1.20 bits per heavy atom. The third-order valence-electron chi connectivity index (χ3n) is 3.28. The molecular weight excluding hydrogens is 188 g/mol. The van der Waals surface area contributed by atoms with Gasteiger partial charge >= 0.3 is 0 Å². The van der Waals surface area contributed by atoms with Crippen molar-refractivity contribution in [3.05, 3.63) is 23.7 Å². The quantitative estimate of drug-likeness (QED) is 0.696. The molecule has 0 radical (unpaired) electrons. The molecule has 0 atom stereocenters. The molecule has 0 N–H and O–H groups in total. The zero-order valence-corrected chi connectivity index (χ0v) is 9.79. The molecule has 0 fully saturated rings. The van der Waals surface area contributed by atoms with E-state index in [1.165, 1.54) is 0 Å². The van der Waals surface area contributed by atoms with Crippen LogP contribution in [0.2, 0.25) is 0 Å². The van der Waals surface area contributed by atoms with E-state index < -0.39 is 0 Å². The first-order valence-electron chi connectivity index (χ1n) is 5.53. The smallest absolute Gasteiger partial charge is 0.203 e. The lowest BCUT2D eigenvalue weighted by Crippen LogP contribution is -2.46. The predicted octanol–water partition coefficient (Wildman–Crippen LogP) is 2.53. The van der Waals surface area contributed by atoms with Crippen LogP contribution in [-0.4, -0.2) is 24.1 Å². The Morgan fingerprint density at radius 2 is 1.80 bits per heavy atom. The molecular formula is C12H19N2O+. The molecule has 0 unspecified atom stereocenters. The number of quaternary nitrogens is 1. The van der Waals surface area contributed by atoms with Crippen LogP contribution in [0.3, 0.4) is 0 Å². The van der Waals surface area contributed by atoms with Gasteiger partial charge in [0, 0.05) is 0 Å². The number of nitriles is 1. The molecule has 0 aromatic carbocycles. The van der Waals surface area contributed by atoms with Crippen molar-refractivity contribution in [3.63, 3.8) is 0 Å². The normalized spacial score (nSPS) is 11.3. The van der Waals surface area contributed by atoms with Gasteiger partial charge in [-0.25, -0.2) is 0 Å². The third-order valence-corrected chi connectivity index (χ3v) is 3.28. The van der Waals surface area contributed by atoms with Crippen LogP contribution in [0.1, 0.15) is 32.3 Å². The fraction of sp³-hybridized carbons (Fsp3) is 0.583. The molecule has 1 aromatic heterocycles. The van der Waals surface area contributed by atoms with Crippen molar-refractivity contribution in [2.24, 2.45) is 0 Å². The first-order chi connectivity index (χ1) is 7.19. The van der Waals surface area contributed by atoms with Gasteiger partial charge in [-0.3, -0.25) is 0 Å². The van der Waals surface area contributed by atoms with Gasteiger partial charge in [-0.15, -0.1) is 0 Å². The van der Waals surface area contributed by atoms with Gasteiger partial charge in [0.1, 0.15) is 12.6 Å². The average molecular weight is 207 g/mol. The molecule has 0 aliphatic carbocycles. The van der Waals surface area contributed by atoms with Gasteiger partial charge in [-0.05, 0) is 32.9 Å². The fourth-order valence-electron chi connectivity index (χ4n) is 1.86. The minimum atomic E-state index is 0.409. The third kappa shape index (κ3) is 2.60. The van der Waals surface area contributed by atoms with E-state index >= 15 is 0 Å². The summed E-state index contributed by atoms with van der Waals surface area (Å²) in [5.41, 5.74) is 0. The highest BCUT2D eigenvalue weighted by Crippen LogP contribution is 2.16. The van der Waals surface area contributed by atoms with Crippen molar-refractivity contribution < 1.29 is 8.90 Å². The van der Waals surface area contributed by atoms with Crippen molar-refractivity contribution in [2.75, 3.05) is 19.6 Å². The lowest BCUT2D eigenvalue weighted by Gasteiger charge is -2.34. The maximum atomic E-state index is 8.67. The fourth-order valence-corrected chi connectivity index (χ4v) is 1.86. The molecule has 1 rings (SSSR count). The van der Waals surface area contributed by atoms with E-state index in [0.29, 0.717) is 5.76 Å². The summed E-state index contributed by atoms with van der Waals surface area (Å²) in [4.78, 5) is 0. The van der Waals surface area contributed by atoms with E-state index in [4.69, 9.17) is 9.68 Å². The summed E-state index contributed by atoms with van der Waals surface area (Å²) in [6.07, 6.45) is 0. The molecule has 0 spiro atoms. The maximum absolute atomic E-state index is 8.67. The topological polar surface area (TPSA) is 36.9 Å². The standard InChI is InChI=1S/C12H19N2O/c1-4-14(5-2,6-3)10-12-8-7-11(9-13)15-12/h7-8H,4-6,10H2,1-3H3/q+1. The van der Waals surface area contributed by atoms with Gasteiger partial charge < -0.3 is 8.90 Å². The van der Waals surface area contributed by atoms with E-state index in [1.807, 2.05) is 12.1 Å². The Labute approximate surface area is 91.5 Å². The van der Waals surface area contributed by atoms with E-state index in [-0.39, 0.29) is 0 Å². The van der Waals surface area contributed by atoms with Crippen molar-refractivity contribution in [2.45, 2.75) is 27.3 Å². The number of hydrogen-bond acceptors (Lipinski definition) is 2. The summed E-state index contributed by atoms with van der Waals surface area (Å²) >= 11 is 0. The molecule has 1 aromatic rings. The van der Waals surface area contributed by atoms with Crippen molar-refractivity contribution in [3.8, 4) is 6.07 Å². The molecule has 0 saturated heterocycles. The predicted molar refractivity (Wildman–Crippen MR) is 59.0 cm³/mol. The molecule has 3 nitrogen and oxygen atoms in total. The van der Waals surface area contributed by atoms with Gasteiger partial charge in [0.05, 0.1) is 19.6 Å². The largest absolute Gasteiger partial charge is 0.445 e. The summed E-state index contributed by atoms with van der Waals surface area (Å²) in [6.45, 7) is 10.7. The molecule has 1 heterocycles. The number of nitrogens with zero attached hydrogens (tertiary/aromatic N) is 2. The monoisotopic (exact) mass is 207 g/mol. The van der Waals surface area contributed by atoms with Crippen molar-refractivity contribution >= 4 is 0 Å². The van der Waals surface area contributed by atoms with Crippen LogP contribution in [0.4, 0.5) is 0 Å². The molecule has 0 aliphatic rings. The van der Waals surface area contributed by atoms with Gasteiger partial charge in [0.15, 0.2) is 5.76 Å². The Morgan fingerprint density at radius 3 is 2.20 bits per heavy atom. The molecule has 0 saturated carbocycles. The number of hydrogen-bond donors (Lipinski definition) is 0. The zero-order chi connectivity index (χ0) is 11.3. The van der Waals surface area contributed by atoms with Gasteiger partial charge in [-0.1, -0.05) is 0 Å². The Bertz CT molecular complexity index is 336. The summed E-state index contributed by atoms with van der Waals surface area (Å²) in [5.74, 6) is 1.32. The molecule has 0 aliphatic heterocycles. The number of furan rings is 1. The van der Waals surface area contributed by atoms with E-state index in [1.54, 1.807) is 6.07 Å². The lowest BCUT2D eigenvalue weighted by molar-refractivity contribution is -0.937. The van der Waals surface area contributed by atoms with E-state index in [0.717, 1.165) is 36.4 Å². The molecule has 15 heavy (non-hydrogen) atoms. The molecule has 0 amide bonds. The second-order valence-electron chi connectivity index (χ2n) is 3.83. The van der Waals surface area contributed by atoms with Crippen LogP contribution >= 0.6 is 0 Å². The first kappa shape index (κ1) is 11.8. The van der Waals surface area contributed by atoms with Crippen molar-refractivity contribution in [1.82, 2.24) is 0 Å². The highest BCUT2D eigenvalue weighted by molar-refractivity contribution is 5.18. The Kier molecular flexibility index (Phi) is 3.93. The summed E-state index contributed by atoms with van der Waals surface area (Å²) in [5, 5.41) is 8.67. The van der Waals surface area contributed by atoms with Gasteiger partial charge in [0.2, 0.25) is 5.76 Å². The summed E-state index contributed by atoms with van der Waals surface area (Å²) in [6, 6.07) is 5.66. The second kappa shape index (κ2) is 4.99. The summed E-state index contributed by atoms with van der Waals surface area (Å²) < 4.78 is 6.43. The minimum absolute atomic E-state index is 0.409. The van der Waals surface area contributed by atoms with Crippen LogP contribution in [0.15, 0.2) is 16.5 Å². The van der Waals surface area contributed by atoms with Crippen LogP contribution in [-0.2, 0) is 6.54 Å². The van der Waals surface area contributed by atoms with Crippen LogP contribution in [0.25, 0.3) is 0 Å². The average Bonchev–Trinajstić information content (AvgIpc) is 2.73. The first-order valence-corrected chi connectivity index (χ1v) is 5.53. The highest BCUT2D eigenvalue weighted by atomic mass is 16.3. The second-order valence-corrected chi connectivity index (χ2v) is 3.83. The molecule has 3 heteroatoms.